The van der Waals surface area contributed by atoms with Gasteiger partial charge < -0.3 is 19.9 Å². The van der Waals surface area contributed by atoms with Crippen molar-refractivity contribution in [3.63, 3.8) is 0 Å². The second kappa shape index (κ2) is 12.0. The number of nitrogens with one attached hydrogen (secondary N) is 1. The van der Waals surface area contributed by atoms with E-state index in [9.17, 15) is 35.3 Å². The van der Waals surface area contributed by atoms with Crippen LogP contribution in [-0.4, -0.2) is 69.8 Å². The monoisotopic (exact) mass is 627 g/mol. The van der Waals surface area contributed by atoms with E-state index in [4.69, 9.17) is 9.72 Å². The Morgan fingerprint density at radius 2 is 1.60 bits per heavy atom. The van der Waals surface area contributed by atoms with Crippen LogP contribution in [0, 0.1) is 0 Å². The Morgan fingerprint density at radius 1 is 0.953 bits per heavy atom. The Morgan fingerprint density at radius 3 is 2.23 bits per heavy atom. The van der Waals surface area contributed by atoms with Gasteiger partial charge in [-0.2, -0.15) is 31.3 Å². The molecule has 3 aromatic rings. The summed E-state index contributed by atoms with van der Waals surface area (Å²) in [4.78, 5) is 26.5. The Bertz CT molecular complexity index is 1510. The van der Waals surface area contributed by atoms with Crippen LogP contribution in [0.1, 0.15) is 33.5 Å². The summed E-state index contributed by atoms with van der Waals surface area (Å²) in [6, 6.07) is 8.12. The van der Waals surface area contributed by atoms with Crippen LogP contribution in [0.15, 0.2) is 42.5 Å². The fourth-order valence-corrected chi connectivity index (χ4v) is 6.06. The number of fused-ring (bicyclic) bond motifs is 1. The lowest BCUT2D eigenvalue weighted by molar-refractivity contribution is -0.143. The van der Waals surface area contributed by atoms with E-state index in [0.29, 0.717) is 61.0 Å². The molecule has 230 valence electrons. The fourth-order valence-electron chi connectivity index (χ4n) is 5.01. The second-order valence-electron chi connectivity index (χ2n) is 10.1. The molecule has 1 fully saturated rings. The van der Waals surface area contributed by atoms with Gasteiger partial charge in [0, 0.05) is 60.6 Å². The van der Waals surface area contributed by atoms with Crippen LogP contribution in [-0.2, 0) is 29.7 Å². The Kier molecular flexibility index (Phi) is 8.54. The van der Waals surface area contributed by atoms with Gasteiger partial charge in [0.2, 0.25) is 5.95 Å². The first-order chi connectivity index (χ1) is 20.3. The van der Waals surface area contributed by atoms with Gasteiger partial charge in [-0.05, 0) is 42.3 Å². The molecule has 2 aliphatic rings. The lowest BCUT2D eigenvalue weighted by Gasteiger charge is -2.31. The fraction of sp³-hybridized carbons (Fsp3) is 0.393. The van der Waals surface area contributed by atoms with Crippen molar-refractivity contribution in [2.24, 2.45) is 0 Å². The van der Waals surface area contributed by atoms with E-state index >= 15 is 0 Å². The lowest BCUT2D eigenvalue weighted by Crippen LogP contribution is -2.40. The molecule has 43 heavy (non-hydrogen) atoms. The largest absolute Gasteiger partial charge is 0.496 e. The molecule has 5 rings (SSSR count). The topological polar surface area (TPSA) is 87.7 Å². The summed E-state index contributed by atoms with van der Waals surface area (Å²) in [5.41, 5.74) is -2.58. The van der Waals surface area contributed by atoms with E-state index in [1.54, 1.807) is 24.3 Å². The van der Waals surface area contributed by atoms with E-state index < -0.39 is 46.7 Å². The van der Waals surface area contributed by atoms with Crippen LogP contribution >= 0.6 is 0 Å². The van der Waals surface area contributed by atoms with E-state index in [-0.39, 0.29) is 41.2 Å². The molecule has 1 aromatic heterocycles. The summed E-state index contributed by atoms with van der Waals surface area (Å²) < 4.78 is 98.6. The quantitative estimate of drug-likeness (QED) is 0.389. The van der Waals surface area contributed by atoms with Crippen molar-refractivity contribution in [3.05, 3.63) is 64.7 Å². The van der Waals surface area contributed by atoms with Gasteiger partial charge >= 0.3 is 12.4 Å². The second-order valence-corrected chi connectivity index (χ2v) is 11.7. The molecule has 1 amide bonds. The Hall–Kier alpha value is -3.88. The molecule has 1 saturated heterocycles. The number of nitrogens with zero attached hydrogens (tertiary/aromatic N) is 4. The number of para-hydroxylation sites is 1. The number of methoxy groups -OCH3 is 1. The lowest BCUT2D eigenvalue weighted by atomic mass is 10.0. The van der Waals surface area contributed by atoms with Crippen LogP contribution in [0.25, 0.3) is 11.3 Å². The number of amides is 1. The number of aromatic nitrogens is 2. The van der Waals surface area contributed by atoms with Gasteiger partial charge in [-0.25, -0.2) is 4.98 Å². The molecule has 1 N–H and O–H groups in total. The van der Waals surface area contributed by atoms with E-state index in [1.807, 2.05) is 4.90 Å². The SMILES string of the molecule is COc1ccccc1-c1nc(N2CCS(=O)CC2)nc2c1C(=O)N(Cc1cc(C(F)(F)F)cc(C(F)(F)F)c1)CCCN2. The molecule has 0 radical (unpaired) electrons. The number of anilines is 2. The van der Waals surface area contributed by atoms with Crippen molar-refractivity contribution in [1.29, 1.82) is 0 Å². The van der Waals surface area contributed by atoms with Crippen molar-refractivity contribution >= 4 is 28.5 Å². The number of ether oxygens (including phenoxy) is 1. The third kappa shape index (κ3) is 6.71. The number of benzene rings is 2. The predicted octanol–water partition coefficient (Wildman–Crippen LogP) is 5.22. The van der Waals surface area contributed by atoms with Crippen LogP contribution in [0.5, 0.6) is 5.75 Å². The average molecular weight is 628 g/mol. The zero-order chi connectivity index (χ0) is 30.9. The summed E-state index contributed by atoms with van der Waals surface area (Å²) in [6.45, 7) is 0.713. The first-order valence-corrected chi connectivity index (χ1v) is 14.8. The minimum atomic E-state index is -5.02. The maximum Gasteiger partial charge on any atom is 0.416 e. The summed E-state index contributed by atoms with van der Waals surface area (Å²) >= 11 is 0. The van der Waals surface area contributed by atoms with Gasteiger partial charge in [0.15, 0.2) is 0 Å². The third-order valence-electron chi connectivity index (χ3n) is 7.14. The predicted molar refractivity (Wildman–Crippen MR) is 148 cm³/mol. The molecule has 2 aromatic carbocycles. The smallest absolute Gasteiger partial charge is 0.416 e. The highest BCUT2D eigenvalue weighted by molar-refractivity contribution is 7.85. The maximum atomic E-state index is 14.1. The van der Waals surface area contributed by atoms with Gasteiger partial charge in [-0.3, -0.25) is 9.00 Å². The van der Waals surface area contributed by atoms with Crippen molar-refractivity contribution in [1.82, 2.24) is 14.9 Å². The minimum Gasteiger partial charge on any atom is -0.496 e. The van der Waals surface area contributed by atoms with E-state index in [1.165, 1.54) is 12.0 Å². The van der Waals surface area contributed by atoms with Crippen LogP contribution in [0.4, 0.5) is 38.1 Å². The van der Waals surface area contributed by atoms with Gasteiger partial charge in [0.25, 0.3) is 5.91 Å². The van der Waals surface area contributed by atoms with E-state index in [2.05, 4.69) is 10.3 Å². The molecular weight excluding hydrogens is 600 g/mol. The van der Waals surface area contributed by atoms with Crippen molar-refractivity contribution in [2.45, 2.75) is 25.3 Å². The highest BCUT2D eigenvalue weighted by atomic mass is 32.2. The van der Waals surface area contributed by atoms with Crippen molar-refractivity contribution in [2.75, 3.05) is 55.0 Å². The van der Waals surface area contributed by atoms with Crippen molar-refractivity contribution in [3.8, 4) is 17.0 Å². The molecule has 0 bridgehead atoms. The zero-order valence-corrected chi connectivity index (χ0v) is 23.7. The number of carbonyl (C=O) groups excluding carboxylic acids is 1. The van der Waals surface area contributed by atoms with Gasteiger partial charge in [0.1, 0.15) is 17.1 Å². The Balaban J connectivity index is 1.62. The molecule has 0 atom stereocenters. The maximum absolute atomic E-state index is 14.1. The third-order valence-corrected chi connectivity index (χ3v) is 8.41. The standard InChI is InChI=1S/C28H27F6N5O3S/c1-42-21-6-3-2-5-20(21)23-22-24(37-26(36-23)38-9-11-43(41)12-10-38)35-7-4-8-39(25(22)40)16-17-13-18(27(29,30)31)15-19(14-17)28(32,33)34/h2-3,5-6,13-15H,4,7-12,16H2,1H3,(H,35,36,37). The van der Waals surface area contributed by atoms with Crippen LogP contribution < -0.4 is 15.0 Å². The average Bonchev–Trinajstić information content (AvgIpc) is 2.96. The molecule has 0 spiro atoms. The first kappa shape index (κ1) is 30.6. The van der Waals surface area contributed by atoms with Crippen molar-refractivity contribution < 1.29 is 40.1 Å². The molecular formula is C28H27F6N5O3S. The first-order valence-electron chi connectivity index (χ1n) is 13.3. The molecule has 3 heterocycles. The molecule has 0 aliphatic carbocycles. The van der Waals surface area contributed by atoms with Gasteiger partial charge in [-0.15, -0.1) is 0 Å². The normalized spacial score (nSPS) is 16.8. The van der Waals surface area contributed by atoms with Crippen LogP contribution in [0.2, 0.25) is 0 Å². The van der Waals surface area contributed by atoms with Crippen LogP contribution in [0.3, 0.4) is 0 Å². The number of alkyl halides is 6. The molecule has 0 saturated carbocycles. The van der Waals surface area contributed by atoms with Gasteiger partial charge in [-0.1, -0.05) is 12.1 Å². The van der Waals surface area contributed by atoms with E-state index in [0.717, 1.165) is 0 Å². The number of carbonyl (C=O) groups is 1. The Labute approximate surface area is 245 Å². The number of hydrogen-bond donors (Lipinski definition) is 1. The summed E-state index contributed by atoms with van der Waals surface area (Å²) in [5, 5.41) is 3.15. The highest BCUT2D eigenvalue weighted by Crippen LogP contribution is 2.39. The molecule has 2 aliphatic heterocycles. The molecule has 15 heteroatoms. The summed E-state index contributed by atoms with van der Waals surface area (Å²) in [6.07, 6.45) is -9.69. The zero-order valence-electron chi connectivity index (χ0n) is 22.9. The number of rotatable bonds is 5. The number of hydrogen-bond acceptors (Lipinski definition) is 7. The highest BCUT2D eigenvalue weighted by Gasteiger charge is 2.38. The number of halogens is 6. The summed E-state index contributed by atoms with van der Waals surface area (Å²) in [5.74, 6) is 1.02. The summed E-state index contributed by atoms with van der Waals surface area (Å²) in [7, 11) is 0.480. The molecule has 0 unspecified atom stereocenters. The molecule has 8 nitrogen and oxygen atoms in total. The van der Waals surface area contributed by atoms with Gasteiger partial charge in [0.05, 0.1) is 23.9 Å². The minimum absolute atomic E-state index is 0.0107.